The van der Waals surface area contributed by atoms with Gasteiger partial charge >= 0.3 is 0 Å². The number of aromatic nitrogens is 3. The fourth-order valence-corrected chi connectivity index (χ4v) is 3.59. The highest BCUT2D eigenvalue weighted by Crippen LogP contribution is 2.43. The number of primary amides is 1. The van der Waals surface area contributed by atoms with Crippen LogP contribution in [0, 0.1) is 11.3 Å². The number of benzene rings is 1. The van der Waals surface area contributed by atoms with Crippen molar-refractivity contribution >= 4 is 11.7 Å². The van der Waals surface area contributed by atoms with Gasteiger partial charge in [-0.05, 0) is 49.2 Å². The monoisotopic (exact) mass is 384 g/mol. The Kier molecular flexibility index (Phi) is 4.92. The summed E-state index contributed by atoms with van der Waals surface area (Å²) in [7, 11) is 0. The SMILES string of the molecule is N#Cc1ccnc(C2(CNc3ccc(-c4cccc(C(N)=O)c4)nn3)CCC2)c1. The Morgan fingerprint density at radius 3 is 2.69 bits per heavy atom. The smallest absolute Gasteiger partial charge is 0.248 e. The third-order valence-electron chi connectivity index (χ3n) is 5.46. The minimum Gasteiger partial charge on any atom is -0.368 e. The van der Waals surface area contributed by atoms with Crippen LogP contribution in [0.4, 0.5) is 5.82 Å². The molecule has 7 heteroatoms. The predicted molar refractivity (Wildman–Crippen MR) is 109 cm³/mol. The number of hydrogen-bond donors (Lipinski definition) is 2. The predicted octanol–water partition coefficient (Wildman–Crippen LogP) is 3.04. The standard InChI is InChI=1S/C22H20N6O/c23-13-15-7-10-25-19(11-15)22(8-2-9-22)14-26-20-6-5-18(27-28-20)16-3-1-4-17(12-16)21(24)29/h1,3-7,10-12H,2,8-9,14H2,(H2,24,29)(H,26,28). The van der Waals surface area contributed by atoms with Crippen molar-refractivity contribution in [3.05, 3.63) is 71.5 Å². The minimum atomic E-state index is -0.474. The quantitative estimate of drug-likeness (QED) is 0.674. The molecule has 1 aliphatic rings. The maximum absolute atomic E-state index is 11.4. The van der Waals surface area contributed by atoms with Gasteiger partial charge in [-0.15, -0.1) is 10.2 Å². The van der Waals surface area contributed by atoms with Gasteiger partial charge in [0.15, 0.2) is 0 Å². The van der Waals surface area contributed by atoms with Crippen molar-refractivity contribution in [1.29, 1.82) is 5.26 Å². The molecule has 2 heterocycles. The summed E-state index contributed by atoms with van der Waals surface area (Å²) in [5.41, 5.74) is 8.73. The molecule has 144 valence electrons. The van der Waals surface area contributed by atoms with Crippen LogP contribution in [-0.4, -0.2) is 27.6 Å². The molecule has 4 rings (SSSR count). The summed E-state index contributed by atoms with van der Waals surface area (Å²) in [5, 5.41) is 21.1. The molecule has 1 aliphatic carbocycles. The van der Waals surface area contributed by atoms with E-state index in [1.54, 1.807) is 30.5 Å². The minimum absolute atomic E-state index is 0.0803. The van der Waals surface area contributed by atoms with Crippen molar-refractivity contribution in [3.63, 3.8) is 0 Å². The molecule has 2 aromatic heterocycles. The van der Waals surface area contributed by atoms with Crippen LogP contribution in [0.2, 0.25) is 0 Å². The number of nitrogens with zero attached hydrogens (tertiary/aromatic N) is 4. The van der Waals surface area contributed by atoms with Gasteiger partial charge in [0.05, 0.1) is 17.3 Å². The number of nitrogens with two attached hydrogens (primary N) is 1. The third-order valence-corrected chi connectivity index (χ3v) is 5.46. The number of hydrogen-bond acceptors (Lipinski definition) is 6. The van der Waals surface area contributed by atoms with Gasteiger partial charge in [-0.1, -0.05) is 18.6 Å². The first-order valence-corrected chi connectivity index (χ1v) is 9.44. The lowest BCUT2D eigenvalue weighted by Crippen LogP contribution is -2.41. The van der Waals surface area contributed by atoms with E-state index in [0.29, 0.717) is 29.2 Å². The van der Waals surface area contributed by atoms with Crippen LogP contribution in [0.3, 0.4) is 0 Å². The molecule has 1 fully saturated rings. The van der Waals surface area contributed by atoms with Gasteiger partial charge in [0.25, 0.3) is 0 Å². The fourth-order valence-electron chi connectivity index (χ4n) is 3.59. The molecule has 0 spiro atoms. The van der Waals surface area contributed by atoms with Crippen molar-refractivity contribution in [3.8, 4) is 17.3 Å². The molecular weight excluding hydrogens is 364 g/mol. The Balaban J connectivity index is 1.48. The second-order valence-electron chi connectivity index (χ2n) is 7.28. The van der Waals surface area contributed by atoms with Crippen LogP contribution in [0.15, 0.2) is 54.7 Å². The first-order valence-electron chi connectivity index (χ1n) is 9.44. The van der Waals surface area contributed by atoms with E-state index in [1.165, 1.54) is 0 Å². The lowest BCUT2D eigenvalue weighted by atomic mass is 9.66. The molecule has 0 unspecified atom stereocenters. The fraction of sp³-hybridized carbons (Fsp3) is 0.227. The number of nitrogens with one attached hydrogen (secondary N) is 1. The molecular formula is C22H20N6O. The van der Waals surface area contributed by atoms with Gasteiger partial charge in [0, 0.05) is 35.0 Å². The summed E-state index contributed by atoms with van der Waals surface area (Å²) < 4.78 is 0. The molecule has 1 amide bonds. The number of pyridine rings is 1. The van der Waals surface area contributed by atoms with Crippen LogP contribution < -0.4 is 11.1 Å². The summed E-state index contributed by atoms with van der Waals surface area (Å²) in [6, 6.07) is 16.5. The zero-order chi connectivity index (χ0) is 20.3. The molecule has 29 heavy (non-hydrogen) atoms. The number of anilines is 1. The summed E-state index contributed by atoms with van der Waals surface area (Å²) in [5.74, 6) is 0.195. The zero-order valence-corrected chi connectivity index (χ0v) is 15.8. The molecule has 0 saturated heterocycles. The Bertz CT molecular complexity index is 1080. The number of rotatable bonds is 6. The van der Waals surface area contributed by atoms with Crippen LogP contribution in [-0.2, 0) is 5.41 Å². The maximum Gasteiger partial charge on any atom is 0.248 e. The zero-order valence-electron chi connectivity index (χ0n) is 15.8. The molecule has 1 saturated carbocycles. The molecule has 0 aliphatic heterocycles. The summed E-state index contributed by atoms with van der Waals surface area (Å²) in [4.78, 5) is 15.9. The first kappa shape index (κ1) is 18.6. The molecule has 3 aromatic rings. The Morgan fingerprint density at radius 1 is 1.17 bits per heavy atom. The van der Waals surface area contributed by atoms with E-state index in [-0.39, 0.29) is 5.41 Å². The average Bonchev–Trinajstić information content (AvgIpc) is 2.73. The third kappa shape index (κ3) is 3.78. The Labute approximate surface area is 168 Å². The molecule has 0 atom stereocenters. The van der Waals surface area contributed by atoms with Crippen LogP contribution in [0.25, 0.3) is 11.3 Å². The van der Waals surface area contributed by atoms with Gasteiger partial charge in [0.2, 0.25) is 5.91 Å². The van der Waals surface area contributed by atoms with Crippen LogP contribution in [0.5, 0.6) is 0 Å². The van der Waals surface area contributed by atoms with Gasteiger partial charge in [-0.3, -0.25) is 9.78 Å². The lowest BCUT2D eigenvalue weighted by Gasteiger charge is -2.41. The number of carbonyl (C=O) groups is 1. The molecule has 0 bridgehead atoms. The molecule has 3 N–H and O–H groups in total. The summed E-state index contributed by atoms with van der Waals surface area (Å²) >= 11 is 0. The molecule has 0 radical (unpaired) electrons. The van der Waals surface area contributed by atoms with Crippen LogP contribution in [0.1, 0.15) is 40.9 Å². The second kappa shape index (κ2) is 7.68. The van der Waals surface area contributed by atoms with E-state index < -0.39 is 5.91 Å². The molecule has 1 aromatic carbocycles. The average molecular weight is 384 g/mol. The highest BCUT2D eigenvalue weighted by atomic mass is 16.1. The number of amides is 1. The second-order valence-corrected chi connectivity index (χ2v) is 7.28. The highest BCUT2D eigenvalue weighted by Gasteiger charge is 2.40. The van der Waals surface area contributed by atoms with E-state index in [9.17, 15) is 4.79 Å². The van der Waals surface area contributed by atoms with E-state index in [4.69, 9.17) is 11.0 Å². The van der Waals surface area contributed by atoms with Gasteiger partial charge < -0.3 is 11.1 Å². The van der Waals surface area contributed by atoms with Crippen molar-refractivity contribution in [1.82, 2.24) is 15.2 Å². The van der Waals surface area contributed by atoms with Gasteiger partial charge in [-0.2, -0.15) is 5.26 Å². The van der Waals surface area contributed by atoms with Crippen molar-refractivity contribution in [2.45, 2.75) is 24.7 Å². The topological polar surface area (TPSA) is 118 Å². The van der Waals surface area contributed by atoms with E-state index in [1.807, 2.05) is 24.3 Å². The first-order chi connectivity index (χ1) is 14.1. The highest BCUT2D eigenvalue weighted by molar-refractivity contribution is 5.93. The lowest BCUT2D eigenvalue weighted by molar-refractivity contribution is 0.100. The van der Waals surface area contributed by atoms with E-state index in [0.717, 1.165) is 30.5 Å². The Hall–Kier alpha value is -3.79. The normalized spacial score (nSPS) is 14.4. The van der Waals surface area contributed by atoms with Gasteiger partial charge in [0.1, 0.15) is 5.82 Å². The van der Waals surface area contributed by atoms with E-state index in [2.05, 4.69) is 26.6 Å². The maximum atomic E-state index is 11.4. The van der Waals surface area contributed by atoms with Crippen molar-refractivity contribution < 1.29 is 4.79 Å². The Morgan fingerprint density at radius 2 is 2.03 bits per heavy atom. The largest absolute Gasteiger partial charge is 0.368 e. The number of nitriles is 1. The summed E-state index contributed by atoms with van der Waals surface area (Å²) in [6.45, 7) is 0.681. The van der Waals surface area contributed by atoms with Crippen molar-refractivity contribution in [2.24, 2.45) is 5.73 Å². The van der Waals surface area contributed by atoms with E-state index >= 15 is 0 Å². The summed E-state index contributed by atoms with van der Waals surface area (Å²) in [6.07, 6.45) is 4.88. The molecule has 7 nitrogen and oxygen atoms in total. The van der Waals surface area contributed by atoms with Gasteiger partial charge in [-0.25, -0.2) is 0 Å². The number of carbonyl (C=O) groups excluding carboxylic acids is 1. The van der Waals surface area contributed by atoms with Crippen molar-refractivity contribution in [2.75, 3.05) is 11.9 Å². The van der Waals surface area contributed by atoms with Crippen LogP contribution >= 0.6 is 0 Å².